The van der Waals surface area contributed by atoms with Crippen molar-refractivity contribution in [2.45, 2.75) is 50.9 Å². The Morgan fingerprint density at radius 2 is 1.79 bits per heavy atom. The molecule has 182 valence electrons. The number of amides is 1. The highest BCUT2D eigenvalue weighted by molar-refractivity contribution is 6.00. The Hall–Kier alpha value is -2.87. The maximum absolute atomic E-state index is 12.8. The van der Waals surface area contributed by atoms with Gasteiger partial charge in [0.25, 0.3) is 5.91 Å². The number of benzene rings is 2. The van der Waals surface area contributed by atoms with Gasteiger partial charge in [0.15, 0.2) is 11.7 Å². The average Bonchev–Trinajstić information content (AvgIpc) is 2.81. The molecule has 2 heterocycles. The summed E-state index contributed by atoms with van der Waals surface area (Å²) >= 11 is 0. The van der Waals surface area contributed by atoms with Gasteiger partial charge < -0.3 is 29.7 Å². The summed E-state index contributed by atoms with van der Waals surface area (Å²) in [6.07, 6.45) is 4.38. The molecule has 0 bridgehead atoms. The van der Waals surface area contributed by atoms with E-state index in [-0.39, 0.29) is 16.7 Å². The molecule has 3 N–H and O–H groups in total. The zero-order valence-electron chi connectivity index (χ0n) is 20.3. The Balaban J connectivity index is 1.78. The van der Waals surface area contributed by atoms with E-state index in [2.05, 4.69) is 19.2 Å². The number of nitrogens with one attached hydrogen (secondary N) is 1. The lowest BCUT2D eigenvalue weighted by Gasteiger charge is -2.41. The quantitative estimate of drug-likeness (QED) is 0.610. The normalized spacial score (nSPS) is 28.4. The van der Waals surface area contributed by atoms with Gasteiger partial charge in [-0.15, -0.1) is 0 Å². The SMILES string of the molecule is COc1ccc([C@]2(O)c3c(ccc(/C=C/C4(C)CCC(C)(C)CO4)c3O)NC(=O)[C@H]2OC)cc1. The fourth-order valence-corrected chi connectivity index (χ4v) is 4.66. The number of anilines is 1. The lowest BCUT2D eigenvalue weighted by molar-refractivity contribution is -0.142. The number of hydrogen-bond donors (Lipinski definition) is 3. The van der Waals surface area contributed by atoms with E-state index < -0.39 is 23.2 Å². The van der Waals surface area contributed by atoms with Gasteiger partial charge in [-0.1, -0.05) is 38.1 Å². The smallest absolute Gasteiger partial charge is 0.257 e. The van der Waals surface area contributed by atoms with E-state index in [1.807, 2.05) is 13.0 Å². The molecule has 1 amide bonds. The van der Waals surface area contributed by atoms with Crippen molar-refractivity contribution >= 4 is 17.7 Å². The molecule has 0 saturated carbocycles. The lowest BCUT2D eigenvalue weighted by Crippen LogP contribution is -2.52. The fourth-order valence-electron chi connectivity index (χ4n) is 4.66. The summed E-state index contributed by atoms with van der Waals surface area (Å²) in [6, 6.07) is 10.1. The van der Waals surface area contributed by atoms with Crippen LogP contribution in [0.5, 0.6) is 11.5 Å². The number of phenolic OH excluding ortho intramolecular Hbond substituents is 1. The van der Waals surface area contributed by atoms with Crippen LogP contribution in [0, 0.1) is 5.41 Å². The zero-order chi connectivity index (χ0) is 24.7. The molecule has 2 aromatic carbocycles. The third kappa shape index (κ3) is 4.19. The Labute approximate surface area is 200 Å². The molecule has 4 rings (SSSR count). The van der Waals surface area contributed by atoms with Crippen LogP contribution < -0.4 is 10.1 Å². The molecule has 0 spiro atoms. The van der Waals surface area contributed by atoms with Crippen molar-refractivity contribution in [1.29, 1.82) is 0 Å². The van der Waals surface area contributed by atoms with Crippen molar-refractivity contribution in [3.05, 3.63) is 59.2 Å². The van der Waals surface area contributed by atoms with Gasteiger partial charge >= 0.3 is 0 Å². The molecule has 7 nitrogen and oxygen atoms in total. The molecule has 34 heavy (non-hydrogen) atoms. The third-order valence-corrected chi connectivity index (χ3v) is 6.94. The first-order valence-electron chi connectivity index (χ1n) is 11.4. The molecule has 1 saturated heterocycles. The van der Waals surface area contributed by atoms with Crippen LogP contribution in [0.3, 0.4) is 0 Å². The van der Waals surface area contributed by atoms with Gasteiger partial charge in [0.05, 0.1) is 30.6 Å². The number of aromatic hydroxyl groups is 1. The molecule has 7 heteroatoms. The molecule has 2 aromatic rings. The summed E-state index contributed by atoms with van der Waals surface area (Å²) in [5.74, 6) is -0.0257. The van der Waals surface area contributed by atoms with E-state index in [0.29, 0.717) is 29.2 Å². The van der Waals surface area contributed by atoms with Gasteiger partial charge in [0.1, 0.15) is 11.5 Å². The standard InChI is InChI=1S/C27H33NO6/c1-25(2)14-15-26(3,34-16-25)13-12-17-6-11-20-21(22(17)29)27(31,23(33-5)24(30)28-20)18-7-9-19(32-4)10-8-18/h6-13,23,29,31H,14-16H2,1-5H3,(H,28,30)/b13-12+/t23-,26?,27+/m1/s1. The van der Waals surface area contributed by atoms with Crippen molar-refractivity contribution in [3.8, 4) is 11.5 Å². The average molecular weight is 468 g/mol. The number of phenols is 1. The Morgan fingerprint density at radius 1 is 1.09 bits per heavy atom. The molecular weight excluding hydrogens is 434 g/mol. The van der Waals surface area contributed by atoms with Crippen LogP contribution in [0.15, 0.2) is 42.5 Å². The maximum Gasteiger partial charge on any atom is 0.257 e. The number of fused-ring (bicyclic) bond motifs is 1. The van der Waals surface area contributed by atoms with E-state index >= 15 is 0 Å². The third-order valence-electron chi connectivity index (χ3n) is 6.94. The van der Waals surface area contributed by atoms with Gasteiger partial charge in [-0.25, -0.2) is 0 Å². The van der Waals surface area contributed by atoms with Crippen molar-refractivity contribution in [2.24, 2.45) is 5.41 Å². The largest absolute Gasteiger partial charge is 0.507 e. The van der Waals surface area contributed by atoms with Crippen molar-refractivity contribution in [3.63, 3.8) is 0 Å². The predicted molar refractivity (Wildman–Crippen MR) is 130 cm³/mol. The number of aliphatic hydroxyl groups is 1. The van der Waals surface area contributed by atoms with Crippen molar-refractivity contribution in [1.82, 2.24) is 0 Å². The van der Waals surface area contributed by atoms with E-state index in [9.17, 15) is 15.0 Å². The molecule has 2 aliphatic heterocycles. The molecule has 1 unspecified atom stereocenters. The summed E-state index contributed by atoms with van der Waals surface area (Å²) in [7, 11) is 2.90. The predicted octanol–water partition coefficient (Wildman–Crippen LogP) is 4.21. The minimum Gasteiger partial charge on any atom is -0.507 e. The summed E-state index contributed by atoms with van der Waals surface area (Å²) in [5.41, 5.74) is -0.808. The number of carbonyl (C=O) groups excluding carboxylic acids is 1. The van der Waals surface area contributed by atoms with Crippen LogP contribution in [0.1, 0.15) is 50.3 Å². The number of hydrogen-bond acceptors (Lipinski definition) is 6. The van der Waals surface area contributed by atoms with Gasteiger partial charge in [-0.05, 0) is 55.0 Å². The highest BCUT2D eigenvalue weighted by Crippen LogP contribution is 2.48. The van der Waals surface area contributed by atoms with E-state index in [1.165, 1.54) is 7.11 Å². The number of methoxy groups -OCH3 is 2. The summed E-state index contributed by atoms with van der Waals surface area (Å²) in [4.78, 5) is 12.8. The molecule has 0 aliphatic carbocycles. The maximum atomic E-state index is 12.8. The number of ether oxygens (including phenoxy) is 3. The Morgan fingerprint density at radius 3 is 2.38 bits per heavy atom. The highest BCUT2D eigenvalue weighted by Gasteiger charge is 2.51. The first-order chi connectivity index (χ1) is 16.0. The van der Waals surface area contributed by atoms with Gasteiger partial charge in [-0.2, -0.15) is 0 Å². The molecule has 0 aromatic heterocycles. The van der Waals surface area contributed by atoms with Crippen molar-refractivity contribution < 1.29 is 29.2 Å². The zero-order valence-corrected chi connectivity index (χ0v) is 20.3. The monoisotopic (exact) mass is 467 g/mol. The van der Waals surface area contributed by atoms with Gasteiger partial charge in [-0.3, -0.25) is 4.79 Å². The molecule has 0 radical (unpaired) electrons. The summed E-state index contributed by atoms with van der Waals surface area (Å²) in [6.45, 7) is 7.06. The van der Waals surface area contributed by atoms with Crippen LogP contribution >= 0.6 is 0 Å². The van der Waals surface area contributed by atoms with E-state index in [0.717, 1.165) is 12.8 Å². The summed E-state index contributed by atoms with van der Waals surface area (Å²) < 4.78 is 16.8. The Bertz CT molecular complexity index is 1100. The second-order valence-corrected chi connectivity index (χ2v) is 10.1. The van der Waals surface area contributed by atoms with Crippen molar-refractivity contribution in [2.75, 3.05) is 26.1 Å². The van der Waals surface area contributed by atoms with Crippen LogP contribution in [0.25, 0.3) is 6.08 Å². The molecule has 2 aliphatic rings. The second-order valence-electron chi connectivity index (χ2n) is 10.1. The molecule has 1 fully saturated rings. The van der Waals surface area contributed by atoms with E-state index in [4.69, 9.17) is 14.2 Å². The first kappa shape index (κ1) is 24.3. The number of carbonyl (C=O) groups is 1. The highest BCUT2D eigenvalue weighted by atomic mass is 16.5. The Kier molecular flexibility index (Phi) is 6.23. The minimum absolute atomic E-state index is 0.131. The van der Waals surface area contributed by atoms with Gasteiger partial charge in [0.2, 0.25) is 0 Å². The minimum atomic E-state index is -1.91. The molecule has 3 atom stereocenters. The van der Waals surface area contributed by atoms with E-state index in [1.54, 1.807) is 49.6 Å². The first-order valence-corrected chi connectivity index (χ1v) is 11.4. The summed E-state index contributed by atoms with van der Waals surface area (Å²) in [5, 5.41) is 26.1. The van der Waals surface area contributed by atoms with Gasteiger partial charge in [0, 0.05) is 12.7 Å². The van der Waals surface area contributed by atoms with Crippen LogP contribution in [-0.4, -0.2) is 48.7 Å². The van der Waals surface area contributed by atoms with Crippen LogP contribution in [0.4, 0.5) is 5.69 Å². The fraction of sp³-hybridized carbons (Fsp3) is 0.444. The lowest BCUT2D eigenvalue weighted by atomic mass is 9.76. The molecular formula is C27H33NO6. The van der Waals surface area contributed by atoms with Crippen LogP contribution in [0.2, 0.25) is 0 Å². The van der Waals surface area contributed by atoms with Crippen LogP contribution in [-0.2, 0) is 19.9 Å². The second kappa shape index (κ2) is 8.73. The number of rotatable bonds is 5. The topological polar surface area (TPSA) is 97.3 Å².